The van der Waals surface area contributed by atoms with Crippen LogP contribution in [0.25, 0.3) is 0 Å². The summed E-state index contributed by atoms with van der Waals surface area (Å²) in [6.07, 6.45) is 0.657. The zero-order valence-electron chi connectivity index (χ0n) is 8.94. The molecule has 0 saturated carbocycles. The smallest absolute Gasteiger partial charge is 0.410 e. The quantitative estimate of drug-likeness (QED) is 0.698. The van der Waals surface area contributed by atoms with Crippen LogP contribution >= 0.6 is 0 Å². The predicted molar refractivity (Wildman–Crippen MR) is 53.5 cm³/mol. The molecule has 86 valence electrons. The molecule has 1 fully saturated rings. The van der Waals surface area contributed by atoms with E-state index in [0.717, 1.165) is 12.8 Å². The zero-order chi connectivity index (χ0) is 11.3. The van der Waals surface area contributed by atoms with Gasteiger partial charge in [-0.2, -0.15) is 0 Å². The number of aliphatic hydroxyl groups is 1. The summed E-state index contributed by atoms with van der Waals surface area (Å²) in [6.45, 7) is 2.62. The summed E-state index contributed by atoms with van der Waals surface area (Å²) in [5.74, 6) is -0.124. The van der Waals surface area contributed by atoms with Crippen LogP contribution in [0.1, 0.15) is 26.2 Å². The molecule has 0 aromatic carbocycles. The van der Waals surface area contributed by atoms with E-state index in [-0.39, 0.29) is 25.3 Å². The molecule has 5 nitrogen and oxygen atoms in total. The standard InChI is InChI=1S/C10H17NO4/c1-2-3-4-15-10(14)11-6-8(12)5-9(13)7-11/h8,12H,2-7H2,1H3. The Bertz CT molecular complexity index is 242. The van der Waals surface area contributed by atoms with Gasteiger partial charge in [0.05, 0.1) is 25.8 Å². The van der Waals surface area contributed by atoms with Gasteiger partial charge in [-0.15, -0.1) is 0 Å². The molecule has 0 spiro atoms. The SMILES string of the molecule is CCCCOC(=O)N1CC(=O)CC(O)C1. The summed E-state index contributed by atoms with van der Waals surface area (Å²) in [5, 5.41) is 9.30. The fourth-order valence-corrected chi connectivity index (χ4v) is 1.46. The predicted octanol–water partition coefficient (Wildman–Crippen LogP) is 0.559. The molecule has 0 bridgehead atoms. The summed E-state index contributed by atoms with van der Waals surface area (Å²) in [6, 6.07) is 0. The van der Waals surface area contributed by atoms with Crippen molar-refractivity contribution in [3.8, 4) is 0 Å². The number of carbonyl (C=O) groups excluding carboxylic acids is 2. The van der Waals surface area contributed by atoms with E-state index in [4.69, 9.17) is 4.74 Å². The highest BCUT2D eigenvalue weighted by Crippen LogP contribution is 2.08. The molecule has 1 amide bonds. The number of likely N-dealkylation sites (tertiary alicyclic amines) is 1. The summed E-state index contributed by atoms with van der Waals surface area (Å²) in [7, 11) is 0. The number of nitrogens with zero attached hydrogens (tertiary/aromatic N) is 1. The summed E-state index contributed by atoms with van der Waals surface area (Å²) in [4.78, 5) is 23.8. The molecule has 15 heavy (non-hydrogen) atoms. The Hall–Kier alpha value is -1.10. The normalized spacial score (nSPS) is 21.6. The Morgan fingerprint density at radius 3 is 3.00 bits per heavy atom. The first kappa shape index (κ1) is 12.0. The maximum absolute atomic E-state index is 11.4. The Morgan fingerprint density at radius 2 is 2.40 bits per heavy atom. The number of ketones is 1. The second kappa shape index (κ2) is 5.70. The highest BCUT2D eigenvalue weighted by atomic mass is 16.6. The molecule has 5 heteroatoms. The highest BCUT2D eigenvalue weighted by Gasteiger charge is 2.27. The Labute approximate surface area is 89.0 Å². The number of rotatable bonds is 3. The van der Waals surface area contributed by atoms with Crippen molar-refractivity contribution in [2.75, 3.05) is 19.7 Å². The molecule has 0 aromatic rings. The zero-order valence-corrected chi connectivity index (χ0v) is 8.94. The third-order valence-corrected chi connectivity index (χ3v) is 2.24. The van der Waals surface area contributed by atoms with Gasteiger partial charge in [-0.3, -0.25) is 9.69 Å². The fraction of sp³-hybridized carbons (Fsp3) is 0.800. The van der Waals surface area contributed by atoms with Crippen molar-refractivity contribution in [3.05, 3.63) is 0 Å². The van der Waals surface area contributed by atoms with Gasteiger partial charge < -0.3 is 9.84 Å². The van der Waals surface area contributed by atoms with Crippen molar-refractivity contribution in [2.24, 2.45) is 0 Å². The minimum Gasteiger partial charge on any atom is -0.449 e. The van der Waals surface area contributed by atoms with Gasteiger partial charge in [-0.25, -0.2) is 4.79 Å². The number of Topliss-reactive ketones (excluding diaryl/α,β-unsaturated/α-hetero) is 1. The van der Waals surface area contributed by atoms with E-state index in [1.54, 1.807) is 0 Å². The number of amides is 1. The number of piperidine rings is 1. The number of unbranched alkanes of at least 4 members (excludes halogenated alkanes) is 1. The maximum atomic E-state index is 11.4. The first-order valence-electron chi connectivity index (χ1n) is 5.25. The summed E-state index contributed by atoms with van der Waals surface area (Å²) >= 11 is 0. The minimum absolute atomic E-state index is 0.0576. The lowest BCUT2D eigenvalue weighted by Crippen LogP contribution is -2.46. The van der Waals surface area contributed by atoms with E-state index in [2.05, 4.69) is 0 Å². The van der Waals surface area contributed by atoms with Crippen molar-refractivity contribution in [2.45, 2.75) is 32.3 Å². The first-order valence-corrected chi connectivity index (χ1v) is 5.25. The van der Waals surface area contributed by atoms with Crippen molar-refractivity contribution < 1.29 is 19.4 Å². The molecule has 1 rings (SSSR count). The van der Waals surface area contributed by atoms with Crippen molar-refractivity contribution >= 4 is 11.9 Å². The minimum atomic E-state index is -0.745. The number of ether oxygens (including phenoxy) is 1. The van der Waals surface area contributed by atoms with Crippen LogP contribution in [0.5, 0.6) is 0 Å². The molecular weight excluding hydrogens is 198 g/mol. The number of β-amino-alcohol motifs (C(OH)–C–C–N with tert-alkyl or cyclic N) is 1. The van der Waals surface area contributed by atoms with Crippen LogP contribution < -0.4 is 0 Å². The van der Waals surface area contributed by atoms with Gasteiger partial charge in [0.15, 0.2) is 5.78 Å². The largest absolute Gasteiger partial charge is 0.449 e. The van der Waals surface area contributed by atoms with Crippen LogP contribution in [0.4, 0.5) is 4.79 Å². The first-order chi connectivity index (χ1) is 7.13. The summed E-state index contributed by atoms with van der Waals surface area (Å²) in [5.41, 5.74) is 0. The van der Waals surface area contributed by atoms with Gasteiger partial charge in [-0.05, 0) is 6.42 Å². The molecule has 1 aliphatic heterocycles. The third kappa shape index (κ3) is 3.87. The second-order valence-corrected chi connectivity index (χ2v) is 3.75. The molecule has 0 aliphatic carbocycles. The monoisotopic (exact) mass is 215 g/mol. The lowest BCUT2D eigenvalue weighted by molar-refractivity contribution is -0.125. The van der Waals surface area contributed by atoms with Crippen molar-refractivity contribution in [1.29, 1.82) is 0 Å². The van der Waals surface area contributed by atoms with Gasteiger partial charge in [0.1, 0.15) is 0 Å². The van der Waals surface area contributed by atoms with Gasteiger partial charge in [0.2, 0.25) is 0 Å². The van der Waals surface area contributed by atoms with E-state index in [9.17, 15) is 14.7 Å². The number of aliphatic hydroxyl groups excluding tert-OH is 1. The molecule has 0 aromatic heterocycles. The molecule has 1 heterocycles. The number of carbonyl (C=O) groups is 2. The van der Waals surface area contributed by atoms with E-state index >= 15 is 0 Å². The molecule has 1 unspecified atom stereocenters. The van der Waals surface area contributed by atoms with Gasteiger partial charge in [-0.1, -0.05) is 13.3 Å². The lowest BCUT2D eigenvalue weighted by Gasteiger charge is -2.28. The molecule has 1 saturated heterocycles. The van der Waals surface area contributed by atoms with Gasteiger partial charge in [0, 0.05) is 6.42 Å². The summed E-state index contributed by atoms with van der Waals surface area (Å²) < 4.78 is 4.94. The topological polar surface area (TPSA) is 66.8 Å². The average Bonchev–Trinajstić information content (AvgIpc) is 2.16. The van der Waals surface area contributed by atoms with E-state index in [0.29, 0.717) is 6.61 Å². The second-order valence-electron chi connectivity index (χ2n) is 3.75. The van der Waals surface area contributed by atoms with Crippen LogP contribution in [0.3, 0.4) is 0 Å². The lowest BCUT2D eigenvalue weighted by atomic mass is 10.1. The van der Waals surface area contributed by atoms with Gasteiger partial charge in [0.25, 0.3) is 0 Å². The Morgan fingerprint density at radius 1 is 1.67 bits per heavy atom. The van der Waals surface area contributed by atoms with E-state index < -0.39 is 12.2 Å². The Balaban J connectivity index is 2.34. The van der Waals surface area contributed by atoms with Gasteiger partial charge >= 0.3 is 6.09 Å². The van der Waals surface area contributed by atoms with E-state index in [1.807, 2.05) is 6.92 Å². The highest BCUT2D eigenvalue weighted by molar-refractivity contribution is 5.85. The van der Waals surface area contributed by atoms with Crippen LogP contribution in [0.2, 0.25) is 0 Å². The number of hydrogen-bond acceptors (Lipinski definition) is 4. The number of hydrogen-bond donors (Lipinski definition) is 1. The molecular formula is C10H17NO4. The fourth-order valence-electron chi connectivity index (χ4n) is 1.46. The van der Waals surface area contributed by atoms with Crippen LogP contribution in [0, 0.1) is 0 Å². The average molecular weight is 215 g/mol. The molecule has 1 atom stereocenters. The third-order valence-electron chi connectivity index (χ3n) is 2.24. The maximum Gasteiger partial charge on any atom is 0.410 e. The van der Waals surface area contributed by atoms with E-state index in [1.165, 1.54) is 4.90 Å². The molecule has 1 N–H and O–H groups in total. The van der Waals surface area contributed by atoms with Crippen molar-refractivity contribution in [1.82, 2.24) is 4.90 Å². The Kier molecular flexibility index (Phi) is 4.55. The molecule has 0 radical (unpaired) electrons. The van der Waals surface area contributed by atoms with Crippen LogP contribution in [-0.4, -0.2) is 47.7 Å². The van der Waals surface area contributed by atoms with Crippen LogP contribution in [-0.2, 0) is 9.53 Å². The molecule has 1 aliphatic rings. The van der Waals surface area contributed by atoms with Crippen LogP contribution in [0.15, 0.2) is 0 Å². The van der Waals surface area contributed by atoms with Crippen molar-refractivity contribution in [3.63, 3.8) is 0 Å².